The van der Waals surface area contributed by atoms with Crippen molar-refractivity contribution in [1.82, 2.24) is 4.98 Å². The van der Waals surface area contributed by atoms with Gasteiger partial charge in [-0.1, -0.05) is 29.8 Å². The van der Waals surface area contributed by atoms with Crippen molar-refractivity contribution in [2.45, 2.75) is 6.92 Å². The van der Waals surface area contributed by atoms with E-state index in [1.54, 1.807) is 18.7 Å². The Hall–Kier alpha value is -2.16. The topological polar surface area (TPSA) is 42.0 Å². The molecule has 1 aromatic heterocycles. The molecule has 1 amide bonds. The molecular weight excluding hydrogens is 200 g/mol. The van der Waals surface area contributed by atoms with Crippen molar-refractivity contribution in [3.63, 3.8) is 0 Å². The van der Waals surface area contributed by atoms with Crippen LogP contribution in [0.5, 0.6) is 0 Å². The Morgan fingerprint density at radius 3 is 2.31 bits per heavy atom. The molecule has 79 valence electrons. The summed E-state index contributed by atoms with van der Waals surface area (Å²) < 4.78 is 0. The number of hydrogen-bond donors (Lipinski definition) is 1. The fourth-order valence-electron chi connectivity index (χ4n) is 1.44. The molecule has 1 N–H and O–H groups in total. The molecule has 0 atom stereocenters. The van der Waals surface area contributed by atoms with Crippen molar-refractivity contribution in [3.05, 3.63) is 48.2 Å². The maximum Gasteiger partial charge on any atom is 0.315 e. The highest BCUT2D eigenvalue weighted by atomic mass is 16.1. The number of nitrogens with one attached hydrogen (secondary N) is 1. The van der Waals surface area contributed by atoms with Crippen LogP contribution in [0.1, 0.15) is 5.56 Å². The molecule has 16 heavy (non-hydrogen) atoms. The number of nitrogens with zero attached hydrogens (tertiary/aromatic N) is 1. The molecule has 1 aromatic carbocycles. The number of carbonyl (C=O) groups excluding carboxylic acids is 1. The zero-order valence-electron chi connectivity index (χ0n) is 8.90. The van der Waals surface area contributed by atoms with E-state index in [1.165, 1.54) is 5.56 Å². The highest BCUT2D eigenvalue weighted by molar-refractivity contribution is 5.71. The van der Waals surface area contributed by atoms with E-state index in [-0.39, 0.29) is 0 Å². The zero-order valence-corrected chi connectivity index (χ0v) is 8.90. The minimum Gasteiger partial charge on any atom is -0.302 e. The van der Waals surface area contributed by atoms with Crippen molar-refractivity contribution >= 4 is 12.2 Å². The van der Waals surface area contributed by atoms with Crippen LogP contribution in [0, 0.1) is 6.92 Å². The molecule has 2 aromatic rings. The van der Waals surface area contributed by atoms with Crippen LogP contribution in [0.3, 0.4) is 0 Å². The van der Waals surface area contributed by atoms with Crippen LogP contribution in [0.2, 0.25) is 0 Å². The third-order valence-electron chi connectivity index (χ3n) is 2.33. The number of anilines is 1. The molecule has 2 rings (SSSR count). The molecule has 0 bridgehead atoms. The first kappa shape index (κ1) is 10.4. The van der Waals surface area contributed by atoms with Crippen LogP contribution < -0.4 is 5.32 Å². The summed E-state index contributed by atoms with van der Waals surface area (Å²) in [6.45, 7) is 2.05. The lowest BCUT2D eigenvalue weighted by atomic mass is 10.1. The summed E-state index contributed by atoms with van der Waals surface area (Å²) in [6.07, 6.45) is 3.31. The number of aryl methyl sites for hydroxylation is 1. The van der Waals surface area contributed by atoms with Gasteiger partial charge in [0, 0.05) is 11.8 Å². The summed E-state index contributed by atoms with van der Waals surface area (Å²) in [5.74, 6) is 0.505. The largest absolute Gasteiger partial charge is 0.315 e. The van der Waals surface area contributed by atoms with Gasteiger partial charge in [-0.25, -0.2) is 4.98 Å². The van der Waals surface area contributed by atoms with E-state index in [1.807, 2.05) is 18.2 Å². The molecule has 0 fully saturated rings. The van der Waals surface area contributed by atoms with Gasteiger partial charge in [0.1, 0.15) is 5.82 Å². The number of hydrogen-bond acceptors (Lipinski definition) is 2. The van der Waals surface area contributed by atoms with E-state index < -0.39 is 0 Å². The molecule has 0 aliphatic heterocycles. The van der Waals surface area contributed by atoms with Crippen LogP contribution in [0.25, 0.3) is 11.1 Å². The van der Waals surface area contributed by atoms with E-state index in [4.69, 9.17) is 0 Å². The summed E-state index contributed by atoms with van der Waals surface area (Å²) >= 11 is 0. The number of amides is 1. The van der Waals surface area contributed by atoms with E-state index in [0.29, 0.717) is 5.82 Å². The molecule has 3 heteroatoms. The van der Waals surface area contributed by atoms with Gasteiger partial charge in [0.05, 0.1) is 0 Å². The van der Waals surface area contributed by atoms with Crippen LogP contribution in [0.4, 0.5) is 5.82 Å². The second kappa shape index (κ2) is 4.57. The highest BCUT2D eigenvalue weighted by Crippen LogP contribution is 2.19. The zero-order chi connectivity index (χ0) is 11.4. The third-order valence-corrected chi connectivity index (χ3v) is 2.33. The van der Waals surface area contributed by atoms with Gasteiger partial charge in [0.15, 0.2) is 0 Å². The molecule has 0 spiro atoms. The predicted molar refractivity (Wildman–Crippen MR) is 63.7 cm³/mol. The number of benzene rings is 1. The van der Waals surface area contributed by atoms with Gasteiger partial charge in [0.25, 0.3) is 0 Å². The van der Waals surface area contributed by atoms with Gasteiger partial charge in [-0.05, 0) is 24.6 Å². The lowest BCUT2D eigenvalue weighted by Crippen LogP contribution is -1.95. The second-order valence-corrected chi connectivity index (χ2v) is 3.53. The quantitative estimate of drug-likeness (QED) is 0.793. The van der Waals surface area contributed by atoms with Gasteiger partial charge < -0.3 is 5.32 Å². The maximum absolute atomic E-state index is 10.1. The number of aromatic nitrogens is 1. The molecule has 0 aliphatic rings. The van der Waals surface area contributed by atoms with Crippen LogP contribution in [-0.2, 0) is 4.79 Å². The molecule has 3 nitrogen and oxygen atoms in total. The SMILES string of the molecule is Cc1ccc(-c2ccc(N[C]=O)nc2)cc1. The molecule has 1 heterocycles. The average molecular weight is 211 g/mol. The highest BCUT2D eigenvalue weighted by Gasteiger charge is 1.98. The molecule has 0 aliphatic carbocycles. The maximum atomic E-state index is 10.1. The fourth-order valence-corrected chi connectivity index (χ4v) is 1.44. The first-order valence-electron chi connectivity index (χ1n) is 4.96. The lowest BCUT2D eigenvalue weighted by molar-refractivity contribution is 0.561. The lowest BCUT2D eigenvalue weighted by Gasteiger charge is -2.02. The standard InChI is InChI=1S/C13H11N2O/c1-10-2-4-11(5-3-10)12-6-7-13(14-8-12)15-9-16/h2-8H,1H3,(H,14,15,16). The van der Waals surface area contributed by atoms with Crippen molar-refractivity contribution < 1.29 is 4.79 Å². The fraction of sp³-hybridized carbons (Fsp3) is 0.0769. The first-order valence-corrected chi connectivity index (χ1v) is 4.96. The molecular formula is C13H11N2O. The Morgan fingerprint density at radius 2 is 1.75 bits per heavy atom. The molecule has 1 radical (unpaired) electrons. The normalized spacial score (nSPS) is 9.81. The molecule has 0 saturated carbocycles. The smallest absolute Gasteiger partial charge is 0.302 e. The Bertz CT molecular complexity index is 474. The van der Waals surface area contributed by atoms with Gasteiger partial charge in [-0.15, -0.1) is 0 Å². The van der Waals surface area contributed by atoms with E-state index in [9.17, 15) is 4.79 Å². The number of rotatable bonds is 3. The Morgan fingerprint density at radius 1 is 1.06 bits per heavy atom. The minimum absolute atomic E-state index is 0.505. The molecule has 0 unspecified atom stereocenters. The summed E-state index contributed by atoms with van der Waals surface area (Å²) in [5.41, 5.74) is 3.36. The minimum atomic E-state index is 0.505. The number of pyridine rings is 1. The van der Waals surface area contributed by atoms with Gasteiger partial charge >= 0.3 is 6.41 Å². The Balaban J connectivity index is 2.27. The summed E-state index contributed by atoms with van der Waals surface area (Å²) in [7, 11) is 0. The predicted octanol–water partition coefficient (Wildman–Crippen LogP) is 2.54. The molecule has 0 saturated heterocycles. The average Bonchev–Trinajstić information content (AvgIpc) is 2.32. The monoisotopic (exact) mass is 211 g/mol. The van der Waals surface area contributed by atoms with E-state index in [2.05, 4.69) is 29.4 Å². The second-order valence-electron chi connectivity index (χ2n) is 3.53. The van der Waals surface area contributed by atoms with Gasteiger partial charge in [0.2, 0.25) is 0 Å². The van der Waals surface area contributed by atoms with Gasteiger partial charge in [-0.3, -0.25) is 4.79 Å². The van der Waals surface area contributed by atoms with E-state index in [0.717, 1.165) is 11.1 Å². The summed E-state index contributed by atoms with van der Waals surface area (Å²) in [5, 5.41) is 2.38. The third kappa shape index (κ3) is 2.25. The van der Waals surface area contributed by atoms with Crippen LogP contribution in [0.15, 0.2) is 42.6 Å². The van der Waals surface area contributed by atoms with Gasteiger partial charge in [-0.2, -0.15) is 0 Å². The Labute approximate surface area is 94.1 Å². The van der Waals surface area contributed by atoms with Crippen molar-refractivity contribution in [2.75, 3.05) is 5.32 Å². The summed E-state index contributed by atoms with van der Waals surface area (Å²) in [4.78, 5) is 14.2. The summed E-state index contributed by atoms with van der Waals surface area (Å²) in [6, 6.07) is 11.9. The van der Waals surface area contributed by atoms with Crippen LogP contribution >= 0.6 is 0 Å². The van der Waals surface area contributed by atoms with Crippen molar-refractivity contribution in [3.8, 4) is 11.1 Å². The van der Waals surface area contributed by atoms with E-state index >= 15 is 0 Å². The van der Waals surface area contributed by atoms with Crippen molar-refractivity contribution in [1.29, 1.82) is 0 Å². The van der Waals surface area contributed by atoms with Crippen molar-refractivity contribution in [2.24, 2.45) is 0 Å². The van der Waals surface area contributed by atoms with Crippen LogP contribution in [-0.4, -0.2) is 11.4 Å². The Kier molecular flexibility index (Phi) is 2.96. The first-order chi connectivity index (χ1) is 7.79.